The second-order valence-electron chi connectivity index (χ2n) is 5.86. The van der Waals surface area contributed by atoms with Gasteiger partial charge in [-0.2, -0.15) is 8.42 Å². The average molecular weight is 414 g/mol. The molecule has 0 fully saturated rings. The van der Waals surface area contributed by atoms with Crippen LogP contribution in [0.1, 0.15) is 0 Å². The highest BCUT2D eigenvalue weighted by Gasteiger charge is 2.18. The van der Waals surface area contributed by atoms with Crippen LogP contribution in [0.15, 0.2) is 87.2 Å². The van der Waals surface area contributed by atoms with Crippen LogP contribution in [0.3, 0.4) is 0 Å². The molecular weight excluding hydrogens is 402 g/mol. The Kier molecular flexibility index (Phi) is 4.62. The first-order chi connectivity index (χ1) is 13.4. The SMILES string of the molecule is O=c1c(-c2ccccc2)coc2cc(OS(=O)(=O)c3ccc(Cl)nc3)ccc12. The summed E-state index contributed by atoms with van der Waals surface area (Å²) in [7, 11) is -4.10. The Morgan fingerprint density at radius 3 is 2.50 bits per heavy atom. The second kappa shape index (κ2) is 7.10. The van der Waals surface area contributed by atoms with Gasteiger partial charge >= 0.3 is 10.1 Å². The van der Waals surface area contributed by atoms with Crippen LogP contribution < -0.4 is 9.61 Å². The molecule has 0 atom stereocenters. The second-order valence-corrected chi connectivity index (χ2v) is 7.79. The van der Waals surface area contributed by atoms with Crippen molar-refractivity contribution in [3.63, 3.8) is 0 Å². The monoisotopic (exact) mass is 413 g/mol. The summed E-state index contributed by atoms with van der Waals surface area (Å²) in [5.74, 6) is 0.0121. The van der Waals surface area contributed by atoms with E-state index >= 15 is 0 Å². The average Bonchev–Trinajstić information content (AvgIpc) is 2.69. The molecule has 6 nitrogen and oxygen atoms in total. The lowest BCUT2D eigenvalue weighted by Gasteiger charge is -2.08. The van der Waals surface area contributed by atoms with Gasteiger partial charge in [-0.05, 0) is 29.8 Å². The van der Waals surface area contributed by atoms with Crippen molar-refractivity contribution in [3.8, 4) is 16.9 Å². The van der Waals surface area contributed by atoms with Crippen molar-refractivity contribution in [2.75, 3.05) is 0 Å². The molecule has 0 unspecified atom stereocenters. The maximum atomic E-state index is 12.7. The molecule has 28 heavy (non-hydrogen) atoms. The van der Waals surface area contributed by atoms with Crippen LogP contribution >= 0.6 is 11.6 Å². The summed E-state index contributed by atoms with van der Waals surface area (Å²) < 4.78 is 35.4. The third-order valence-corrected chi connectivity index (χ3v) is 5.48. The van der Waals surface area contributed by atoms with Crippen LogP contribution in [-0.4, -0.2) is 13.4 Å². The molecule has 0 aliphatic rings. The third kappa shape index (κ3) is 3.49. The van der Waals surface area contributed by atoms with Gasteiger partial charge in [0.25, 0.3) is 0 Å². The Labute approximate surface area is 165 Å². The zero-order chi connectivity index (χ0) is 19.7. The number of halogens is 1. The summed E-state index contributed by atoms with van der Waals surface area (Å²) in [6.07, 6.45) is 2.45. The molecule has 0 N–H and O–H groups in total. The maximum absolute atomic E-state index is 12.7. The lowest BCUT2D eigenvalue weighted by Crippen LogP contribution is -2.10. The molecule has 4 aromatic rings. The van der Waals surface area contributed by atoms with E-state index in [0.29, 0.717) is 10.9 Å². The van der Waals surface area contributed by atoms with E-state index in [-0.39, 0.29) is 26.8 Å². The van der Waals surface area contributed by atoms with Gasteiger partial charge in [0.1, 0.15) is 27.6 Å². The van der Waals surface area contributed by atoms with Gasteiger partial charge in [0.15, 0.2) is 5.43 Å². The number of hydrogen-bond donors (Lipinski definition) is 0. The Hall–Kier alpha value is -3.16. The summed E-state index contributed by atoms with van der Waals surface area (Å²) in [4.78, 5) is 16.3. The molecule has 4 rings (SSSR count). The molecule has 0 aliphatic heterocycles. The Morgan fingerprint density at radius 2 is 1.79 bits per heavy atom. The zero-order valence-corrected chi connectivity index (χ0v) is 15.8. The highest BCUT2D eigenvalue weighted by Crippen LogP contribution is 2.25. The number of fused-ring (bicyclic) bond motifs is 1. The summed E-state index contributed by atoms with van der Waals surface area (Å²) >= 11 is 5.67. The predicted molar refractivity (Wildman–Crippen MR) is 105 cm³/mol. The predicted octanol–water partition coefficient (Wildman–Crippen LogP) is 4.28. The fraction of sp³-hybridized carbons (Fsp3) is 0. The molecule has 0 bridgehead atoms. The van der Waals surface area contributed by atoms with Gasteiger partial charge in [0.05, 0.1) is 17.1 Å². The van der Waals surface area contributed by atoms with E-state index in [4.69, 9.17) is 20.2 Å². The van der Waals surface area contributed by atoms with Gasteiger partial charge in [-0.15, -0.1) is 0 Å². The number of nitrogens with zero attached hydrogens (tertiary/aromatic N) is 1. The van der Waals surface area contributed by atoms with Crippen molar-refractivity contribution in [3.05, 3.63) is 88.5 Å². The molecular formula is C20H12ClNO5S. The molecule has 0 saturated heterocycles. The summed E-state index contributed by atoms with van der Waals surface area (Å²) in [5.41, 5.74) is 1.15. The van der Waals surface area contributed by atoms with Crippen molar-refractivity contribution in [1.29, 1.82) is 0 Å². The minimum Gasteiger partial charge on any atom is -0.463 e. The van der Waals surface area contributed by atoms with Crippen molar-refractivity contribution >= 4 is 32.7 Å². The zero-order valence-electron chi connectivity index (χ0n) is 14.2. The first-order valence-electron chi connectivity index (χ1n) is 8.11. The van der Waals surface area contributed by atoms with Crippen LogP contribution in [-0.2, 0) is 10.1 Å². The van der Waals surface area contributed by atoms with E-state index < -0.39 is 10.1 Å². The minimum atomic E-state index is -4.10. The quantitative estimate of drug-likeness (QED) is 0.366. The molecule has 0 aliphatic carbocycles. The molecule has 8 heteroatoms. The molecule has 2 aromatic heterocycles. The summed E-state index contributed by atoms with van der Waals surface area (Å²) in [6, 6.07) is 16.0. The molecule has 2 heterocycles. The highest BCUT2D eigenvalue weighted by molar-refractivity contribution is 7.87. The van der Waals surface area contributed by atoms with E-state index in [0.717, 1.165) is 11.8 Å². The number of rotatable bonds is 4. The molecule has 0 spiro atoms. The van der Waals surface area contributed by atoms with Gasteiger partial charge in [0, 0.05) is 6.07 Å². The Morgan fingerprint density at radius 1 is 1.00 bits per heavy atom. The van der Waals surface area contributed by atoms with Crippen LogP contribution in [0.5, 0.6) is 5.75 Å². The fourth-order valence-electron chi connectivity index (χ4n) is 2.66. The van der Waals surface area contributed by atoms with E-state index in [2.05, 4.69) is 4.98 Å². The number of pyridine rings is 1. The molecule has 0 radical (unpaired) electrons. The van der Waals surface area contributed by atoms with Crippen molar-refractivity contribution in [2.45, 2.75) is 4.90 Å². The van der Waals surface area contributed by atoms with Crippen LogP contribution in [0.4, 0.5) is 0 Å². The molecule has 140 valence electrons. The summed E-state index contributed by atoms with van der Waals surface area (Å²) in [6.45, 7) is 0. The molecule has 2 aromatic carbocycles. The third-order valence-electron chi connectivity index (χ3n) is 4.03. The fourth-order valence-corrected chi connectivity index (χ4v) is 3.64. The largest absolute Gasteiger partial charge is 0.463 e. The minimum absolute atomic E-state index is 0.0121. The Bertz CT molecular complexity index is 1320. The number of aromatic nitrogens is 1. The van der Waals surface area contributed by atoms with E-state index in [1.54, 1.807) is 0 Å². The van der Waals surface area contributed by atoms with Gasteiger partial charge in [-0.25, -0.2) is 4.98 Å². The lowest BCUT2D eigenvalue weighted by molar-refractivity contribution is 0.485. The van der Waals surface area contributed by atoms with Crippen molar-refractivity contribution < 1.29 is 17.0 Å². The van der Waals surface area contributed by atoms with E-state index in [1.807, 2.05) is 30.3 Å². The van der Waals surface area contributed by atoms with E-state index in [9.17, 15) is 13.2 Å². The smallest absolute Gasteiger partial charge is 0.340 e. The van der Waals surface area contributed by atoms with Crippen LogP contribution in [0.25, 0.3) is 22.1 Å². The van der Waals surface area contributed by atoms with Crippen LogP contribution in [0.2, 0.25) is 5.15 Å². The topological polar surface area (TPSA) is 86.5 Å². The van der Waals surface area contributed by atoms with Gasteiger partial charge in [0.2, 0.25) is 0 Å². The van der Waals surface area contributed by atoms with Crippen molar-refractivity contribution in [1.82, 2.24) is 4.98 Å². The molecule has 0 amide bonds. The normalized spacial score (nSPS) is 11.5. The number of benzene rings is 2. The van der Waals surface area contributed by atoms with Gasteiger partial charge in [-0.1, -0.05) is 41.9 Å². The standard InChI is InChI=1S/C20H12ClNO5S/c21-19-9-7-15(11-22-19)28(24,25)27-14-6-8-16-18(10-14)26-12-17(20(16)23)13-4-2-1-3-5-13/h1-12H. The summed E-state index contributed by atoms with van der Waals surface area (Å²) in [5, 5.41) is 0.486. The first kappa shape index (κ1) is 18.2. The van der Waals surface area contributed by atoms with Crippen LogP contribution in [0, 0.1) is 0 Å². The lowest BCUT2D eigenvalue weighted by atomic mass is 10.1. The Balaban J connectivity index is 1.71. The van der Waals surface area contributed by atoms with Crippen molar-refractivity contribution in [2.24, 2.45) is 0 Å². The van der Waals surface area contributed by atoms with Gasteiger partial charge in [-0.3, -0.25) is 4.79 Å². The molecule has 0 saturated carbocycles. The maximum Gasteiger partial charge on any atom is 0.340 e. The van der Waals surface area contributed by atoms with E-state index in [1.165, 1.54) is 36.6 Å². The highest BCUT2D eigenvalue weighted by atomic mass is 35.5. The van der Waals surface area contributed by atoms with Gasteiger partial charge < -0.3 is 8.60 Å². The number of hydrogen-bond acceptors (Lipinski definition) is 6. The first-order valence-corrected chi connectivity index (χ1v) is 9.90.